The third-order valence-electron chi connectivity index (χ3n) is 3.14. The van der Waals surface area contributed by atoms with E-state index < -0.39 is 5.78 Å². The predicted molar refractivity (Wildman–Crippen MR) is 71.8 cm³/mol. The van der Waals surface area contributed by atoms with Crippen LogP contribution in [0.2, 0.25) is 0 Å². The Morgan fingerprint density at radius 3 is 2.28 bits per heavy atom. The molecule has 0 N–H and O–H groups in total. The molecule has 0 saturated heterocycles. The third-order valence-corrected chi connectivity index (χ3v) is 3.14. The molecule has 2 nitrogen and oxygen atoms in total. The van der Waals surface area contributed by atoms with Gasteiger partial charge >= 0.3 is 0 Å². The maximum absolute atomic E-state index is 11.4. The molecular formula is C16H10O2. The molecule has 2 heteroatoms. The lowest BCUT2D eigenvalue weighted by atomic mass is 9.99. The first-order chi connectivity index (χ1) is 8.79. The summed E-state index contributed by atoms with van der Waals surface area (Å²) in [4.78, 5) is 22.0. The van der Waals surface area contributed by atoms with Crippen molar-refractivity contribution in [3.63, 3.8) is 0 Å². The Morgan fingerprint density at radius 2 is 1.50 bits per heavy atom. The van der Waals surface area contributed by atoms with Crippen LogP contribution in [-0.2, 0) is 4.79 Å². The largest absolute Gasteiger partial charge is 0.294 e. The second kappa shape index (κ2) is 4.08. The SMILES string of the molecule is O=CC(=O)c1ccc2ccc3ccccc3c2c1. The van der Waals surface area contributed by atoms with Crippen LogP contribution in [0.5, 0.6) is 0 Å². The second-order valence-electron chi connectivity index (χ2n) is 4.20. The van der Waals surface area contributed by atoms with Gasteiger partial charge in [-0.1, -0.05) is 48.5 Å². The molecule has 0 heterocycles. The Hall–Kier alpha value is -2.48. The smallest absolute Gasteiger partial charge is 0.225 e. The topological polar surface area (TPSA) is 34.1 Å². The van der Waals surface area contributed by atoms with Crippen molar-refractivity contribution >= 4 is 33.6 Å². The van der Waals surface area contributed by atoms with Gasteiger partial charge in [-0.25, -0.2) is 0 Å². The van der Waals surface area contributed by atoms with Crippen molar-refractivity contribution < 1.29 is 9.59 Å². The van der Waals surface area contributed by atoms with E-state index in [1.165, 1.54) is 0 Å². The molecule has 0 spiro atoms. The average Bonchev–Trinajstić information content (AvgIpc) is 2.45. The molecule has 0 bridgehead atoms. The van der Waals surface area contributed by atoms with Crippen molar-refractivity contribution in [2.45, 2.75) is 0 Å². The summed E-state index contributed by atoms with van der Waals surface area (Å²) in [5.41, 5.74) is 0.439. The molecule has 3 aromatic rings. The fourth-order valence-corrected chi connectivity index (χ4v) is 2.22. The predicted octanol–water partition coefficient (Wildman–Crippen LogP) is 3.37. The molecule has 0 amide bonds. The van der Waals surface area contributed by atoms with Gasteiger partial charge in [-0.3, -0.25) is 9.59 Å². The standard InChI is InChI=1S/C16H10O2/c17-10-16(18)13-8-7-12-6-5-11-3-1-2-4-14(11)15(12)9-13/h1-10H. The quantitative estimate of drug-likeness (QED) is 0.295. The number of hydrogen-bond donors (Lipinski definition) is 0. The van der Waals surface area contributed by atoms with E-state index in [9.17, 15) is 9.59 Å². The van der Waals surface area contributed by atoms with Crippen LogP contribution < -0.4 is 0 Å². The molecule has 18 heavy (non-hydrogen) atoms. The molecule has 3 rings (SSSR count). The Morgan fingerprint density at radius 1 is 0.833 bits per heavy atom. The van der Waals surface area contributed by atoms with E-state index in [0.717, 1.165) is 21.5 Å². The molecule has 0 unspecified atom stereocenters. The zero-order valence-electron chi connectivity index (χ0n) is 9.59. The van der Waals surface area contributed by atoms with E-state index in [0.29, 0.717) is 11.8 Å². The van der Waals surface area contributed by atoms with Gasteiger partial charge in [0.2, 0.25) is 5.78 Å². The molecule has 0 aromatic heterocycles. The maximum atomic E-state index is 11.4. The van der Waals surface area contributed by atoms with Gasteiger partial charge < -0.3 is 0 Å². The third kappa shape index (κ3) is 1.59. The molecule has 0 aliphatic heterocycles. The summed E-state index contributed by atoms with van der Waals surface area (Å²) in [7, 11) is 0. The number of Topliss-reactive ketones (excluding diaryl/α,β-unsaturated/α-hetero) is 1. The Kier molecular flexibility index (Phi) is 2.41. The zero-order chi connectivity index (χ0) is 12.5. The highest BCUT2D eigenvalue weighted by Gasteiger charge is 2.06. The number of carbonyl (C=O) groups is 2. The van der Waals surface area contributed by atoms with Gasteiger partial charge in [-0.05, 0) is 27.6 Å². The molecule has 86 valence electrons. The van der Waals surface area contributed by atoms with Crippen molar-refractivity contribution in [2.75, 3.05) is 0 Å². The summed E-state index contributed by atoms with van der Waals surface area (Å²) in [5.74, 6) is -0.482. The Labute approximate surface area is 104 Å². The lowest BCUT2D eigenvalue weighted by Crippen LogP contribution is -1.99. The van der Waals surface area contributed by atoms with Gasteiger partial charge in [0.15, 0.2) is 6.29 Å². The second-order valence-corrected chi connectivity index (χ2v) is 4.20. The van der Waals surface area contributed by atoms with E-state index in [1.807, 2.05) is 36.4 Å². The summed E-state index contributed by atoms with van der Waals surface area (Å²) in [6.45, 7) is 0. The first-order valence-corrected chi connectivity index (χ1v) is 5.70. The number of fused-ring (bicyclic) bond motifs is 3. The number of ketones is 1. The normalized spacial score (nSPS) is 10.7. The molecule has 3 aromatic carbocycles. The van der Waals surface area contributed by atoms with Crippen LogP contribution in [0.3, 0.4) is 0 Å². The zero-order valence-corrected chi connectivity index (χ0v) is 9.59. The minimum absolute atomic E-state index is 0.353. The summed E-state index contributed by atoms with van der Waals surface area (Å²) in [6, 6.07) is 17.4. The highest BCUT2D eigenvalue weighted by atomic mass is 16.2. The van der Waals surface area contributed by atoms with Crippen LogP contribution in [0.15, 0.2) is 54.6 Å². The van der Waals surface area contributed by atoms with Gasteiger partial charge in [0, 0.05) is 5.56 Å². The van der Waals surface area contributed by atoms with Gasteiger partial charge in [-0.15, -0.1) is 0 Å². The van der Waals surface area contributed by atoms with E-state index in [2.05, 4.69) is 6.07 Å². The van der Waals surface area contributed by atoms with E-state index in [4.69, 9.17) is 0 Å². The maximum Gasteiger partial charge on any atom is 0.225 e. The molecule has 0 saturated carbocycles. The molecule has 0 radical (unpaired) electrons. The summed E-state index contributed by atoms with van der Waals surface area (Å²) in [6.07, 6.45) is 0.353. The fraction of sp³-hybridized carbons (Fsp3) is 0. The van der Waals surface area contributed by atoms with E-state index >= 15 is 0 Å². The summed E-state index contributed by atoms with van der Waals surface area (Å²) >= 11 is 0. The number of rotatable bonds is 2. The van der Waals surface area contributed by atoms with Crippen molar-refractivity contribution in [3.05, 3.63) is 60.2 Å². The monoisotopic (exact) mass is 234 g/mol. The average molecular weight is 234 g/mol. The van der Waals surface area contributed by atoms with E-state index in [-0.39, 0.29) is 0 Å². The van der Waals surface area contributed by atoms with Crippen LogP contribution >= 0.6 is 0 Å². The summed E-state index contributed by atoms with van der Waals surface area (Å²) in [5, 5.41) is 4.29. The molecule has 0 aliphatic carbocycles. The van der Waals surface area contributed by atoms with Gasteiger partial charge in [0.05, 0.1) is 0 Å². The van der Waals surface area contributed by atoms with Crippen LogP contribution in [0.25, 0.3) is 21.5 Å². The molecule has 0 atom stereocenters. The van der Waals surface area contributed by atoms with Gasteiger partial charge in [0.1, 0.15) is 0 Å². The van der Waals surface area contributed by atoms with Crippen molar-refractivity contribution in [2.24, 2.45) is 0 Å². The van der Waals surface area contributed by atoms with Crippen LogP contribution in [-0.4, -0.2) is 12.1 Å². The number of carbonyl (C=O) groups excluding carboxylic acids is 2. The Balaban J connectivity index is 2.40. The number of hydrogen-bond acceptors (Lipinski definition) is 2. The van der Waals surface area contributed by atoms with Gasteiger partial charge in [0.25, 0.3) is 0 Å². The number of aldehydes is 1. The highest BCUT2D eigenvalue weighted by molar-refractivity contribution is 6.34. The van der Waals surface area contributed by atoms with Crippen molar-refractivity contribution in [1.29, 1.82) is 0 Å². The Bertz CT molecular complexity index is 772. The molecule has 0 aliphatic rings. The highest BCUT2D eigenvalue weighted by Crippen LogP contribution is 2.26. The molecule has 0 fully saturated rings. The van der Waals surface area contributed by atoms with Gasteiger partial charge in [-0.2, -0.15) is 0 Å². The van der Waals surface area contributed by atoms with Crippen LogP contribution in [0.1, 0.15) is 10.4 Å². The lowest BCUT2D eigenvalue weighted by Gasteiger charge is -2.04. The number of benzene rings is 3. The lowest BCUT2D eigenvalue weighted by molar-refractivity contribution is -0.104. The van der Waals surface area contributed by atoms with Crippen LogP contribution in [0, 0.1) is 0 Å². The first-order valence-electron chi connectivity index (χ1n) is 5.70. The minimum atomic E-state index is -0.482. The fourth-order valence-electron chi connectivity index (χ4n) is 2.22. The van der Waals surface area contributed by atoms with E-state index in [1.54, 1.807) is 12.1 Å². The molecular weight excluding hydrogens is 224 g/mol. The van der Waals surface area contributed by atoms with Crippen molar-refractivity contribution in [1.82, 2.24) is 0 Å². The van der Waals surface area contributed by atoms with Crippen LogP contribution in [0.4, 0.5) is 0 Å². The first kappa shape index (κ1) is 10.7. The summed E-state index contributed by atoms with van der Waals surface area (Å²) < 4.78 is 0. The van der Waals surface area contributed by atoms with Crippen molar-refractivity contribution in [3.8, 4) is 0 Å². The minimum Gasteiger partial charge on any atom is -0.294 e.